The molecule has 1 fully saturated rings. The molecule has 0 bridgehead atoms. The lowest BCUT2D eigenvalue weighted by atomic mass is 10.2. The Morgan fingerprint density at radius 2 is 2.06 bits per heavy atom. The summed E-state index contributed by atoms with van der Waals surface area (Å²) >= 11 is 0. The molecule has 7 nitrogen and oxygen atoms in total. The Morgan fingerprint density at radius 1 is 1.47 bits per heavy atom. The first-order valence-electron chi connectivity index (χ1n) is 5.24. The quantitative estimate of drug-likeness (QED) is 0.737. The Labute approximate surface area is 100 Å². The molecule has 0 aliphatic heterocycles. The first-order chi connectivity index (χ1) is 7.84. The minimum atomic E-state index is -4.04. The van der Waals surface area contributed by atoms with Crippen molar-refractivity contribution in [2.45, 2.75) is 38.8 Å². The van der Waals surface area contributed by atoms with E-state index in [4.69, 9.17) is 5.26 Å². The molecule has 0 radical (unpaired) electrons. The lowest BCUT2D eigenvalue weighted by molar-refractivity contribution is 0.121. The van der Waals surface area contributed by atoms with Gasteiger partial charge < -0.3 is 4.74 Å². The molecule has 96 valence electrons. The second-order valence-electron chi connectivity index (χ2n) is 4.12. The van der Waals surface area contributed by atoms with Crippen LogP contribution in [0.4, 0.5) is 4.79 Å². The summed E-state index contributed by atoms with van der Waals surface area (Å²) in [5.74, 6) is 0.0395. The number of rotatable bonds is 5. The summed E-state index contributed by atoms with van der Waals surface area (Å²) in [5, 5.41) is 8.76. The summed E-state index contributed by atoms with van der Waals surface area (Å²) in [5.41, 5.74) is 0. The topological polar surface area (TPSA) is 108 Å². The molecule has 0 aromatic rings. The Hall–Kier alpha value is -1.33. The van der Waals surface area contributed by atoms with Crippen LogP contribution in [0.3, 0.4) is 0 Å². The molecule has 1 aliphatic rings. The molecule has 1 atom stereocenters. The third kappa shape index (κ3) is 5.01. The zero-order valence-corrected chi connectivity index (χ0v) is 10.5. The summed E-state index contributed by atoms with van der Waals surface area (Å²) in [6.45, 7) is 3.20. The normalized spacial score (nSPS) is 17.3. The molecule has 0 spiro atoms. The van der Waals surface area contributed by atoms with Crippen molar-refractivity contribution in [2.24, 2.45) is 5.92 Å². The largest absolute Gasteiger partial charge is 0.446 e. The Kier molecular flexibility index (Phi) is 4.31. The minimum absolute atomic E-state index is 0.0395. The number of nitrogens with one attached hydrogen (secondary N) is 2. The molecule has 1 aliphatic carbocycles. The minimum Gasteiger partial charge on any atom is -0.446 e. The molecule has 2 N–H and O–H groups in total. The summed E-state index contributed by atoms with van der Waals surface area (Å²) in [6.07, 6.45) is 0.161. The molecule has 1 saturated carbocycles. The Morgan fingerprint density at radius 3 is 2.47 bits per heavy atom. The fourth-order valence-corrected chi connectivity index (χ4v) is 2.11. The third-order valence-electron chi connectivity index (χ3n) is 2.08. The standard InChI is InChI=1S/C9H15N3O4S/c1-6(2)16-9(13)12-17(14,15)11-8(5-10)7-3-4-7/h6-8,11H,3-4H2,1-2H3,(H,12,13). The van der Waals surface area contributed by atoms with E-state index in [9.17, 15) is 13.2 Å². The molecule has 17 heavy (non-hydrogen) atoms. The third-order valence-corrected chi connectivity index (χ3v) is 3.07. The van der Waals surface area contributed by atoms with Crippen LogP contribution >= 0.6 is 0 Å². The van der Waals surface area contributed by atoms with Gasteiger partial charge in [-0.2, -0.15) is 18.4 Å². The summed E-state index contributed by atoms with van der Waals surface area (Å²) in [6, 6.07) is 1.06. The van der Waals surface area contributed by atoms with E-state index >= 15 is 0 Å². The van der Waals surface area contributed by atoms with Gasteiger partial charge in [0.1, 0.15) is 6.04 Å². The zero-order valence-electron chi connectivity index (χ0n) is 9.63. The van der Waals surface area contributed by atoms with Gasteiger partial charge in [0.15, 0.2) is 0 Å². The van der Waals surface area contributed by atoms with Crippen LogP contribution in [0.25, 0.3) is 0 Å². The van der Waals surface area contributed by atoms with E-state index in [2.05, 4.69) is 9.46 Å². The number of hydrogen-bond donors (Lipinski definition) is 2. The molecule has 0 aromatic heterocycles. The number of ether oxygens (including phenoxy) is 1. The molecule has 1 unspecified atom stereocenters. The molecule has 1 rings (SSSR count). The van der Waals surface area contributed by atoms with Crippen LogP contribution in [0, 0.1) is 17.2 Å². The number of carbonyl (C=O) groups is 1. The van der Waals surface area contributed by atoms with Crippen molar-refractivity contribution in [1.82, 2.24) is 9.44 Å². The summed E-state index contributed by atoms with van der Waals surface area (Å²) in [4.78, 5) is 11.1. The fourth-order valence-electron chi connectivity index (χ4n) is 1.20. The van der Waals surface area contributed by atoms with Gasteiger partial charge in [-0.25, -0.2) is 9.52 Å². The monoisotopic (exact) mass is 261 g/mol. The maximum atomic E-state index is 11.4. The lowest BCUT2D eigenvalue weighted by Gasteiger charge is -2.13. The molecule has 1 amide bonds. The summed E-state index contributed by atoms with van der Waals surface area (Å²) < 4.78 is 31.3. The van der Waals surface area contributed by atoms with E-state index < -0.39 is 28.4 Å². The second kappa shape index (κ2) is 5.33. The van der Waals surface area contributed by atoms with Gasteiger partial charge in [0.05, 0.1) is 12.2 Å². The van der Waals surface area contributed by atoms with Crippen molar-refractivity contribution in [2.75, 3.05) is 0 Å². The molecule has 0 heterocycles. The van der Waals surface area contributed by atoms with Crippen LogP contribution < -0.4 is 9.44 Å². The van der Waals surface area contributed by atoms with E-state index in [0.717, 1.165) is 12.8 Å². The van der Waals surface area contributed by atoms with E-state index in [0.29, 0.717) is 0 Å². The number of nitriles is 1. The first kappa shape index (κ1) is 13.7. The van der Waals surface area contributed by atoms with Gasteiger partial charge in [0.25, 0.3) is 0 Å². The zero-order chi connectivity index (χ0) is 13.1. The van der Waals surface area contributed by atoms with Gasteiger partial charge in [0.2, 0.25) is 0 Å². The lowest BCUT2D eigenvalue weighted by Crippen LogP contribution is -2.46. The van der Waals surface area contributed by atoms with Crippen molar-refractivity contribution in [3.63, 3.8) is 0 Å². The highest BCUT2D eigenvalue weighted by Crippen LogP contribution is 2.32. The number of nitrogens with zero attached hydrogens (tertiary/aromatic N) is 1. The van der Waals surface area contributed by atoms with Gasteiger partial charge in [-0.1, -0.05) is 0 Å². The Bertz CT molecular complexity index is 422. The van der Waals surface area contributed by atoms with Crippen LogP contribution in [0.2, 0.25) is 0 Å². The molecule has 0 aromatic carbocycles. The van der Waals surface area contributed by atoms with Crippen molar-refractivity contribution in [3.05, 3.63) is 0 Å². The van der Waals surface area contributed by atoms with Crippen LogP contribution in [-0.4, -0.2) is 26.7 Å². The molecular formula is C9H15N3O4S. The van der Waals surface area contributed by atoms with E-state index in [1.54, 1.807) is 18.6 Å². The smallest absolute Gasteiger partial charge is 0.422 e. The number of amides is 1. The van der Waals surface area contributed by atoms with Gasteiger partial charge >= 0.3 is 16.3 Å². The van der Waals surface area contributed by atoms with Crippen molar-refractivity contribution < 1.29 is 17.9 Å². The van der Waals surface area contributed by atoms with Crippen molar-refractivity contribution in [1.29, 1.82) is 5.26 Å². The fraction of sp³-hybridized carbons (Fsp3) is 0.778. The van der Waals surface area contributed by atoms with Gasteiger partial charge in [0, 0.05) is 0 Å². The SMILES string of the molecule is CC(C)OC(=O)NS(=O)(=O)NC(C#N)C1CC1. The Balaban J connectivity index is 2.50. The predicted octanol–water partition coefficient (Wildman–Crippen LogP) is 0.258. The average Bonchev–Trinajstić information content (AvgIpc) is 2.94. The molecular weight excluding hydrogens is 246 g/mol. The van der Waals surface area contributed by atoms with E-state index in [1.165, 1.54) is 0 Å². The van der Waals surface area contributed by atoms with Gasteiger partial charge in [-0.3, -0.25) is 0 Å². The van der Waals surface area contributed by atoms with Crippen LogP contribution in [-0.2, 0) is 14.9 Å². The van der Waals surface area contributed by atoms with Crippen molar-refractivity contribution in [3.8, 4) is 6.07 Å². The predicted molar refractivity (Wildman–Crippen MR) is 58.9 cm³/mol. The van der Waals surface area contributed by atoms with Crippen LogP contribution in [0.15, 0.2) is 0 Å². The molecule has 0 saturated heterocycles. The van der Waals surface area contributed by atoms with Crippen LogP contribution in [0.5, 0.6) is 0 Å². The average molecular weight is 261 g/mol. The molecule has 8 heteroatoms. The van der Waals surface area contributed by atoms with E-state index in [-0.39, 0.29) is 5.92 Å². The van der Waals surface area contributed by atoms with E-state index in [1.807, 2.05) is 6.07 Å². The van der Waals surface area contributed by atoms with Gasteiger partial charge in [-0.15, -0.1) is 0 Å². The number of carbonyl (C=O) groups excluding carboxylic acids is 1. The summed E-state index contributed by atoms with van der Waals surface area (Å²) in [7, 11) is -4.04. The second-order valence-corrected chi connectivity index (χ2v) is 5.57. The van der Waals surface area contributed by atoms with Gasteiger partial charge in [-0.05, 0) is 32.6 Å². The first-order valence-corrected chi connectivity index (χ1v) is 6.72. The maximum absolute atomic E-state index is 11.4. The maximum Gasteiger partial charge on any atom is 0.422 e. The highest BCUT2D eigenvalue weighted by Gasteiger charge is 2.34. The highest BCUT2D eigenvalue weighted by molar-refractivity contribution is 7.88. The van der Waals surface area contributed by atoms with Crippen LogP contribution in [0.1, 0.15) is 26.7 Å². The number of hydrogen-bond acceptors (Lipinski definition) is 5. The highest BCUT2D eigenvalue weighted by atomic mass is 32.2. The van der Waals surface area contributed by atoms with Crippen molar-refractivity contribution >= 4 is 16.3 Å².